The third-order valence-electron chi connectivity index (χ3n) is 4.91. The normalized spacial score (nSPS) is 23.0. The van der Waals surface area contributed by atoms with E-state index in [0.717, 1.165) is 11.6 Å². The molecule has 0 N–H and O–H groups in total. The third kappa shape index (κ3) is 2.91. The molecule has 1 heterocycles. The van der Waals surface area contributed by atoms with Crippen molar-refractivity contribution in [1.29, 1.82) is 0 Å². The van der Waals surface area contributed by atoms with Gasteiger partial charge in [0.1, 0.15) is 0 Å². The minimum absolute atomic E-state index is 0.163. The molecule has 2 unspecified atom stereocenters. The van der Waals surface area contributed by atoms with E-state index in [9.17, 15) is 0 Å². The summed E-state index contributed by atoms with van der Waals surface area (Å²) in [6.45, 7) is 0. The topological polar surface area (TPSA) is 18.8 Å². The van der Waals surface area contributed by atoms with Crippen LogP contribution >= 0.6 is 0 Å². The molecule has 1 saturated heterocycles. The van der Waals surface area contributed by atoms with Crippen LogP contribution in [0.5, 0.6) is 0 Å². The summed E-state index contributed by atoms with van der Waals surface area (Å²) in [4.78, 5) is 9.45. The number of likely N-dealkylation sites (N-methyl/N-ethyl adjacent to an activating group) is 2. The second-order valence-corrected chi connectivity index (χ2v) is 6.54. The van der Waals surface area contributed by atoms with Crippen molar-refractivity contribution in [1.82, 2.24) is 9.80 Å². The maximum absolute atomic E-state index is 4.92. The molecular formula is C23H21N3. The summed E-state index contributed by atoms with van der Waals surface area (Å²) in [6, 6.07) is 21.1. The largest absolute Gasteiger partial charge is 0.336 e. The van der Waals surface area contributed by atoms with Gasteiger partial charge < -0.3 is 9.80 Å². The first-order chi connectivity index (χ1) is 12.8. The Morgan fingerprint density at radius 1 is 0.808 bits per heavy atom. The number of allylic oxidation sites excluding steroid dienone is 2. The molecule has 0 aromatic heterocycles. The number of nitrogens with zero attached hydrogens (tertiary/aromatic N) is 3. The van der Waals surface area contributed by atoms with Gasteiger partial charge in [0, 0.05) is 14.1 Å². The number of para-hydroxylation sites is 1. The first-order valence-electron chi connectivity index (χ1n) is 8.78. The van der Waals surface area contributed by atoms with E-state index < -0.39 is 0 Å². The van der Waals surface area contributed by atoms with Gasteiger partial charge in [-0.3, -0.25) is 0 Å². The molecule has 0 spiro atoms. The zero-order valence-corrected chi connectivity index (χ0v) is 15.0. The van der Waals surface area contributed by atoms with Crippen molar-refractivity contribution in [2.45, 2.75) is 12.1 Å². The number of guanidine groups is 1. The first kappa shape index (κ1) is 16.2. The van der Waals surface area contributed by atoms with Crippen LogP contribution in [0.25, 0.3) is 0 Å². The number of rotatable bonds is 3. The quantitative estimate of drug-likeness (QED) is 0.769. The molecule has 1 aliphatic heterocycles. The third-order valence-corrected chi connectivity index (χ3v) is 4.91. The molecule has 2 aromatic rings. The number of aliphatic imine (C=N–C) groups is 1. The fourth-order valence-corrected chi connectivity index (χ4v) is 3.70. The highest BCUT2D eigenvalue weighted by Crippen LogP contribution is 2.38. The van der Waals surface area contributed by atoms with Crippen molar-refractivity contribution in [2.75, 3.05) is 14.1 Å². The second-order valence-electron chi connectivity index (χ2n) is 6.54. The van der Waals surface area contributed by atoms with E-state index in [1.54, 1.807) is 0 Å². The lowest BCUT2D eigenvalue weighted by Gasteiger charge is -2.27. The van der Waals surface area contributed by atoms with Gasteiger partial charge >= 0.3 is 0 Å². The van der Waals surface area contributed by atoms with Crippen molar-refractivity contribution in [3.63, 3.8) is 0 Å². The summed E-state index contributed by atoms with van der Waals surface area (Å²) in [6.07, 6.45) is 6.07. The van der Waals surface area contributed by atoms with Gasteiger partial charge in [-0.1, -0.05) is 60.0 Å². The zero-order valence-electron chi connectivity index (χ0n) is 15.0. The molecule has 3 nitrogen and oxygen atoms in total. The van der Waals surface area contributed by atoms with Crippen LogP contribution in [-0.4, -0.2) is 35.9 Å². The van der Waals surface area contributed by atoms with Crippen molar-refractivity contribution in [3.05, 3.63) is 101 Å². The number of hydrogen-bond acceptors (Lipinski definition) is 1. The molecule has 128 valence electrons. The van der Waals surface area contributed by atoms with Crippen LogP contribution in [0.4, 0.5) is 5.69 Å². The maximum Gasteiger partial charge on any atom is 0.202 e. The fraction of sp³-hybridized carbons (Fsp3) is 0.174. The summed E-state index contributed by atoms with van der Waals surface area (Å²) in [5.41, 5.74) is 9.55. The Morgan fingerprint density at radius 3 is 2.12 bits per heavy atom. The molecule has 3 heteroatoms. The van der Waals surface area contributed by atoms with E-state index in [-0.39, 0.29) is 12.1 Å². The van der Waals surface area contributed by atoms with E-state index in [0.29, 0.717) is 0 Å². The Bertz CT molecular complexity index is 943. The Labute approximate surface area is 154 Å². The average molecular weight is 339 g/mol. The Kier molecular flexibility index (Phi) is 4.33. The van der Waals surface area contributed by atoms with Crippen molar-refractivity contribution in [3.8, 4) is 0 Å². The number of hydrogen-bond donors (Lipinski definition) is 0. The first-order valence-corrected chi connectivity index (χ1v) is 8.78. The minimum atomic E-state index is 0.163. The average Bonchev–Trinajstić information content (AvgIpc) is 2.95. The highest BCUT2D eigenvalue weighted by molar-refractivity contribution is 5.86. The van der Waals surface area contributed by atoms with Gasteiger partial charge in [-0.25, -0.2) is 4.99 Å². The van der Waals surface area contributed by atoms with E-state index in [4.69, 9.17) is 4.99 Å². The van der Waals surface area contributed by atoms with Crippen LogP contribution in [-0.2, 0) is 0 Å². The summed E-state index contributed by atoms with van der Waals surface area (Å²) in [7, 11) is 4.23. The van der Waals surface area contributed by atoms with Gasteiger partial charge in [0.2, 0.25) is 5.96 Å². The van der Waals surface area contributed by atoms with Crippen LogP contribution in [0.1, 0.15) is 11.6 Å². The molecule has 2 aliphatic rings. The minimum Gasteiger partial charge on any atom is -0.336 e. The predicted octanol–water partition coefficient (Wildman–Crippen LogP) is 4.47. The second kappa shape index (κ2) is 6.93. The van der Waals surface area contributed by atoms with E-state index >= 15 is 0 Å². The maximum atomic E-state index is 4.92. The molecule has 0 saturated carbocycles. The molecule has 2 atom stereocenters. The van der Waals surface area contributed by atoms with Gasteiger partial charge in [0.15, 0.2) is 0 Å². The summed E-state index contributed by atoms with van der Waals surface area (Å²) < 4.78 is 0. The Hall–Kier alpha value is -3.25. The summed E-state index contributed by atoms with van der Waals surface area (Å²) in [5.74, 6) is 0.961. The molecule has 4 rings (SSSR count). The SMILES string of the molecule is CN1C(=Nc2ccccc2)N(C)C(c2ccccc2)C1C1=CC=C=C=C1. The van der Waals surface area contributed by atoms with Gasteiger partial charge in [0.05, 0.1) is 17.8 Å². The highest BCUT2D eigenvalue weighted by atomic mass is 15.5. The van der Waals surface area contributed by atoms with Crippen molar-refractivity contribution >= 4 is 11.6 Å². The van der Waals surface area contributed by atoms with E-state index in [2.05, 4.69) is 71.8 Å². The van der Waals surface area contributed by atoms with E-state index in [1.807, 2.05) is 42.5 Å². The van der Waals surface area contributed by atoms with Crippen molar-refractivity contribution < 1.29 is 0 Å². The molecule has 0 radical (unpaired) electrons. The molecule has 0 bridgehead atoms. The lowest BCUT2D eigenvalue weighted by molar-refractivity contribution is 0.349. The molecule has 26 heavy (non-hydrogen) atoms. The monoisotopic (exact) mass is 339 g/mol. The predicted molar refractivity (Wildman–Crippen MR) is 106 cm³/mol. The Balaban J connectivity index is 1.80. The lowest BCUT2D eigenvalue weighted by atomic mass is 9.92. The number of benzene rings is 2. The Morgan fingerprint density at radius 2 is 1.46 bits per heavy atom. The van der Waals surface area contributed by atoms with E-state index in [1.165, 1.54) is 11.1 Å². The van der Waals surface area contributed by atoms with Gasteiger partial charge in [-0.15, -0.1) is 0 Å². The van der Waals surface area contributed by atoms with Crippen LogP contribution in [0, 0.1) is 0 Å². The standard InChI is InChI=1S/C23H21N3/c1-25-21(18-12-6-3-7-13-18)22(19-14-8-4-9-15-19)26(2)23(25)24-20-16-10-5-11-17-20/h3,5-8,10-17,21-22H,1-2H3. The molecule has 0 amide bonds. The molecule has 1 aliphatic carbocycles. The van der Waals surface area contributed by atoms with Gasteiger partial charge in [0.25, 0.3) is 0 Å². The summed E-state index contributed by atoms with van der Waals surface area (Å²) >= 11 is 0. The van der Waals surface area contributed by atoms with Crippen molar-refractivity contribution in [2.24, 2.45) is 4.99 Å². The van der Waals surface area contributed by atoms with Gasteiger partial charge in [-0.05, 0) is 41.5 Å². The highest BCUT2D eigenvalue weighted by Gasteiger charge is 2.42. The molecule has 1 fully saturated rings. The molecular weight excluding hydrogens is 318 g/mol. The lowest BCUT2D eigenvalue weighted by Crippen LogP contribution is -2.32. The summed E-state index contributed by atoms with van der Waals surface area (Å²) in [5, 5.41) is 0. The van der Waals surface area contributed by atoms with Gasteiger partial charge in [-0.2, -0.15) is 0 Å². The smallest absolute Gasteiger partial charge is 0.202 e. The molecule has 2 aromatic carbocycles. The van der Waals surface area contributed by atoms with Crippen LogP contribution in [0.3, 0.4) is 0 Å². The zero-order chi connectivity index (χ0) is 17.9. The fourth-order valence-electron chi connectivity index (χ4n) is 3.70. The van der Waals surface area contributed by atoms with Crippen LogP contribution in [0.15, 0.2) is 101 Å². The van der Waals surface area contributed by atoms with Crippen LogP contribution in [0.2, 0.25) is 0 Å². The van der Waals surface area contributed by atoms with Crippen LogP contribution < -0.4 is 0 Å².